The van der Waals surface area contributed by atoms with Gasteiger partial charge in [-0.1, -0.05) is 31.5 Å². The zero-order valence-corrected chi connectivity index (χ0v) is 14.1. The third-order valence-corrected chi connectivity index (χ3v) is 4.31. The Morgan fingerprint density at radius 2 is 1.81 bits per heavy atom. The smallest absolute Gasteiger partial charge is 0.0373 e. The van der Waals surface area contributed by atoms with Crippen LogP contribution < -0.4 is 5.32 Å². The van der Waals surface area contributed by atoms with E-state index in [-0.39, 0.29) is 0 Å². The molecule has 2 aromatic carbocycles. The lowest BCUT2D eigenvalue weighted by atomic mass is 9.94. The van der Waals surface area contributed by atoms with Crippen molar-refractivity contribution in [1.29, 1.82) is 0 Å². The number of anilines is 1. The molecule has 0 radical (unpaired) electrons. The standard InChI is InChI=1S/C19H25NS/c1-4-6-16-7-5-8-19(20-3)18(16)12-10-15-9-11-17(21)13-14(15)2/h5,7-9,11,13,20-21H,4,6,10,12H2,1-3H3. The second-order valence-electron chi connectivity index (χ2n) is 5.55. The molecule has 1 N–H and O–H groups in total. The summed E-state index contributed by atoms with van der Waals surface area (Å²) >= 11 is 4.40. The maximum atomic E-state index is 4.40. The Morgan fingerprint density at radius 1 is 1.00 bits per heavy atom. The van der Waals surface area contributed by atoms with Crippen LogP contribution in [0.5, 0.6) is 0 Å². The van der Waals surface area contributed by atoms with Gasteiger partial charge >= 0.3 is 0 Å². The quantitative estimate of drug-likeness (QED) is 0.710. The molecule has 0 saturated heterocycles. The van der Waals surface area contributed by atoms with E-state index < -0.39 is 0 Å². The average Bonchev–Trinajstić information content (AvgIpc) is 2.47. The molecule has 2 rings (SSSR count). The maximum absolute atomic E-state index is 4.40. The molecule has 0 amide bonds. The molecule has 0 aliphatic rings. The number of aryl methyl sites for hydroxylation is 3. The van der Waals surface area contributed by atoms with E-state index in [1.807, 2.05) is 7.05 Å². The zero-order valence-electron chi connectivity index (χ0n) is 13.2. The van der Waals surface area contributed by atoms with Gasteiger partial charge < -0.3 is 5.32 Å². The highest BCUT2D eigenvalue weighted by atomic mass is 32.1. The molecule has 21 heavy (non-hydrogen) atoms. The lowest BCUT2D eigenvalue weighted by Crippen LogP contribution is -2.03. The fraction of sp³-hybridized carbons (Fsp3) is 0.368. The van der Waals surface area contributed by atoms with Gasteiger partial charge in [-0.05, 0) is 66.6 Å². The molecule has 0 spiro atoms. The number of benzene rings is 2. The molecular weight excluding hydrogens is 274 g/mol. The van der Waals surface area contributed by atoms with Crippen LogP contribution in [0.1, 0.15) is 35.6 Å². The Hall–Kier alpha value is -1.41. The van der Waals surface area contributed by atoms with Crippen molar-refractivity contribution in [2.24, 2.45) is 0 Å². The summed E-state index contributed by atoms with van der Waals surface area (Å²) < 4.78 is 0. The van der Waals surface area contributed by atoms with Crippen LogP contribution in [0.2, 0.25) is 0 Å². The molecule has 0 fully saturated rings. The molecule has 112 valence electrons. The van der Waals surface area contributed by atoms with Crippen molar-refractivity contribution < 1.29 is 0 Å². The van der Waals surface area contributed by atoms with Crippen LogP contribution in [-0.4, -0.2) is 7.05 Å². The minimum Gasteiger partial charge on any atom is -0.388 e. The van der Waals surface area contributed by atoms with Crippen LogP contribution in [0.3, 0.4) is 0 Å². The molecule has 0 atom stereocenters. The Balaban J connectivity index is 2.22. The summed E-state index contributed by atoms with van der Waals surface area (Å²) in [6, 6.07) is 13.0. The van der Waals surface area contributed by atoms with Crippen molar-refractivity contribution >= 4 is 18.3 Å². The number of hydrogen-bond acceptors (Lipinski definition) is 2. The maximum Gasteiger partial charge on any atom is 0.0373 e. The van der Waals surface area contributed by atoms with E-state index in [1.54, 1.807) is 0 Å². The largest absolute Gasteiger partial charge is 0.388 e. The Kier molecular flexibility index (Phi) is 5.75. The first-order valence-electron chi connectivity index (χ1n) is 7.72. The van der Waals surface area contributed by atoms with E-state index >= 15 is 0 Å². The van der Waals surface area contributed by atoms with Crippen LogP contribution >= 0.6 is 12.6 Å². The van der Waals surface area contributed by atoms with Gasteiger partial charge in [-0.2, -0.15) is 0 Å². The summed E-state index contributed by atoms with van der Waals surface area (Å²) in [5.41, 5.74) is 6.97. The molecule has 0 saturated carbocycles. The van der Waals surface area contributed by atoms with Crippen LogP contribution in [-0.2, 0) is 19.3 Å². The summed E-state index contributed by atoms with van der Waals surface area (Å²) in [5, 5.41) is 3.34. The fourth-order valence-corrected chi connectivity index (χ4v) is 3.16. The topological polar surface area (TPSA) is 12.0 Å². The van der Waals surface area contributed by atoms with Crippen LogP contribution in [0.15, 0.2) is 41.3 Å². The first-order valence-corrected chi connectivity index (χ1v) is 8.17. The van der Waals surface area contributed by atoms with Gasteiger partial charge in [0.15, 0.2) is 0 Å². The Labute approximate surface area is 134 Å². The minimum atomic E-state index is 1.04. The van der Waals surface area contributed by atoms with Crippen LogP contribution in [0.4, 0.5) is 5.69 Å². The van der Waals surface area contributed by atoms with Crippen molar-refractivity contribution in [3.05, 3.63) is 58.7 Å². The molecule has 0 aliphatic carbocycles. The highest BCUT2D eigenvalue weighted by molar-refractivity contribution is 7.80. The second kappa shape index (κ2) is 7.56. The summed E-state index contributed by atoms with van der Waals surface area (Å²) in [7, 11) is 2.01. The molecule has 1 nitrogen and oxygen atoms in total. The highest BCUT2D eigenvalue weighted by Gasteiger charge is 2.08. The van der Waals surface area contributed by atoms with E-state index in [9.17, 15) is 0 Å². The summed E-state index contributed by atoms with van der Waals surface area (Å²) in [5.74, 6) is 0. The first-order chi connectivity index (χ1) is 10.2. The van der Waals surface area contributed by atoms with Gasteiger partial charge in [0.25, 0.3) is 0 Å². The lowest BCUT2D eigenvalue weighted by molar-refractivity contribution is 0.873. The number of thiol groups is 1. The number of rotatable bonds is 6. The highest BCUT2D eigenvalue weighted by Crippen LogP contribution is 2.24. The van der Waals surface area contributed by atoms with Gasteiger partial charge in [0.2, 0.25) is 0 Å². The van der Waals surface area contributed by atoms with Gasteiger partial charge in [0, 0.05) is 17.6 Å². The zero-order chi connectivity index (χ0) is 15.2. The van der Waals surface area contributed by atoms with Crippen molar-refractivity contribution in [2.75, 3.05) is 12.4 Å². The third kappa shape index (κ3) is 4.04. The Morgan fingerprint density at radius 3 is 2.48 bits per heavy atom. The van der Waals surface area contributed by atoms with Crippen molar-refractivity contribution in [3.8, 4) is 0 Å². The van der Waals surface area contributed by atoms with Gasteiger partial charge in [-0.25, -0.2) is 0 Å². The second-order valence-corrected chi connectivity index (χ2v) is 6.07. The van der Waals surface area contributed by atoms with Crippen molar-refractivity contribution in [2.45, 2.75) is 44.4 Å². The normalized spacial score (nSPS) is 10.7. The van der Waals surface area contributed by atoms with Gasteiger partial charge in [0.1, 0.15) is 0 Å². The molecule has 2 aromatic rings. The van der Waals surface area contributed by atoms with Crippen LogP contribution in [0.25, 0.3) is 0 Å². The molecule has 2 heteroatoms. The van der Waals surface area contributed by atoms with E-state index in [4.69, 9.17) is 0 Å². The third-order valence-electron chi connectivity index (χ3n) is 4.03. The van der Waals surface area contributed by atoms with E-state index in [2.05, 4.69) is 68.2 Å². The van der Waals surface area contributed by atoms with Gasteiger partial charge in [0.05, 0.1) is 0 Å². The lowest BCUT2D eigenvalue weighted by Gasteiger charge is -2.15. The predicted octanol–water partition coefficient (Wildman–Crippen LogP) is 5.06. The van der Waals surface area contributed by atoms with Crippen molar-refractivity contribution in [3.63, 3.8) is 0 Å². The summed E-state index contributed by atoms with van der Waals surface area (Å²) in [4.78, 5) is 1.04. The molecule has 0 heterocycles. The van der Waals surface area contributed by atoms with Gasteiger partial charge in [-0.3, -0.25) is 0 Å². The molecular formula is C19H25NS. The van der Waals surface area contributed by atoms with E-state index in [0.29, 0.717) is 0 Å². The fourth-order valence-electron chi connectivity index (χ4n) is 2.89. The minimum absolute atomic E-state index is 1.04. The van der Waals surface area contributed by atoms with E-state index in [0.717, 1.165) is 24.2 Å². The molecule has 0 bridgehead atoms. The summed E-state index contributed by atoms with van der Waals surface area (Å²) in [6.45, 7) is 4.41. The summed E-state index contributed by atoms with van der Waals surface area (Å²) in [6.07, 6.45) is 4.50. The SMILES string of the molecule is CCCc1cccc(NC)c1CCc1ccc(S)cc1C. The number of hydrogen-bond donors (Lipinski definition) is 2. The predicted molar refractivity (Wildman–Crippen MR) is 95.8 cm³/mol. The Bertz CT molecular complexity index is 605. The number of nitrogens with one attached hydrogen (secondary N) is 1. The van der Waals surface area contributed by atoms with E-state index in [1.165, 1.54) is 34.4 Å². The van der Waals surface area contributed by atoms with Gasteiger partial charge in [-0.15, -0.1) is 12.6 Å². The van der Waals surface area contributed by atoms with Crippen molar-refractivity contribution in [1.82, 2.24) is 0 Å². The first kappa shape index (κ1) is 16.0. The van der Waals surface area contributed by atoms with Crippen LogP contribution in [0, 0.1) is 6.92 Å². The molecule has 0 aromatic heterocycles. The monoisotopic (exact) mass is 299 g/mol. The molecule has 0 aliphatic heterocycles. The molecule has 0 unspecified atom stereocenters. The average molecular weight is 299 g/mol.